The van der Waals surface area contributed by atoms with Crippen molar-refractivity contribution >= 4 is 34.4 Å². The van der Waals surface area contributed by atoms with Crippen molar-refractivity contribution in [2.24, 2.45) is 10.7 Å². The highest BCUT2D eigenvalue weighted by molar-refractivity contribution is 5.96. The maximum absolute atomic E-state index is 10.3. The lowest BCUT2D eigenvalue weighted by atomic mass is 10.2. The normalized spacial score (nSPS) is 11.7. The van der Waals surface area contributed by atoms with Crippen LogP contribution in [0.25, 0.3) is 10.9 Å². The van der Waals surface area contributed by atoms with Crippen LogP contribution in [0.15, 0.2) is 71.4 Å². The summed E-state index contributed by atoms with van der Waals surface area (Å²) in [5, 5.41) is 4.23. The number of aldehydes is 1. The molecule has 0 saturated heterocycles. The van der Waals surface area contributed by atoms with Crippen LogP contribution in [-0.4, -0.2) is 30.1 Å². The molecule has 0 fully saturated rings. The van der Waals surface area contributed by atoms with E-state index in [1.165, 1.54) is 0 Å². The third kappa shape index (κ3) is 7.59. The molecule has 0 spiro atoms. The quantitative estimate of drug-likeness (QED) is 0.406. The minimum absolute atomic E-state index is 0.173. The fraction of sp³-hybridized carbons (Fsp3) is 0.240. The second-order valence-electron chi connectivity index (χ2n) is 7.29. The average Bonchev–Trinajstić information content (AvgIpc) is 2.73. The number of aromatic nitrogens is 1. The number of anilines is 1. The van der Waals surface area contributed by atoms with Gasteiger partial charge in [-0.3, -0.25) is 4.79 Å². The number of fused-ring (bicyclic) bond motifs is 1. The molecule has 6 heteroatoms. The van der Waals surface area contributed by atoms with Crippen LogP contribution in [0.2, 0.25) is 0 Å². The molecule has 162 valence electrons. The van der Waals surface area contributed by atoms with Gasteiger partial charge in [0.25, 0.3) is 0 Å². The van der Waals surface area contributed by atoms with Crippen molar-refractivity contribution in [3.63, 3.8) is 0 Å². The van der Waals surface area contributed by atoms with Crippen LogP contribution in [-0.2, 0) is 0 Å². The number of nitrogens with zero attached hydrogens (tertiary/aromatic N) is 2. The largest absolute Gasteiger partial charge is 0.491 e. The van der Waals surface area contributed by atoms with E-state index in [9.17, 15) is 4.79 Å². The molecule has 0 unspecified atom stereocenters. The molecule has 0 radical (unpaired) electrons. The number of nitrogens with two attached hydrogens (primary N) is 1. The minimum atomic E-state index is 0.173. The second-order valence-corrected chi connectivity index (χ2v) is 7.29. The summed E-state index contributed by atoms with van der Waals surface area (Å²) < 4.78 is 5.40. The molecule has 1 heterocycles. The van der Waals surface area contributed by atoms with E-state index < -0.39 is 0 Å². The monoisotopic (exact) mass is 418 g/mol. The van der Waals surface area contributed by atoms with Crippen molar-refractivity contribution in [2.45, 2.75) is 33.8 Å². The molecular weight excluding hydrogens is 388 g/mol. The molecule has 6 nitrogen and oxygen atoms in total. The highest BCUT2D eigenvalue weighted by Crippen LogP contribution is 2.24. The van der Waals surface area contributed by atoms with Crippen LogP contribution in [0.3, 0.4) is 0 Å². The number of rotatable bonds is 6. The molecule has 0 atom stereocenters. The number of aliphatic imine (C=N–C) groups is 1. The van der Waals surface area contributed by atoms with Gasteiger partial charge in [-0.2, -0.15) is 0 Å². The minimum Gasteiger partial charge on any atom is -0.491 e. The van der Waals surface area contributed by atoms with E-state index in [0.29, 0.717) is 11.4 Å². The van der Waals surface area contributed by atoms with Gasteiger partial charge in [0.1, 0.15) is 12.0 Å². The molecule has 2 aromatic carbocycles. The number of allylic oxidation sites excluding steroid dienone is 2. The Labute approximate surface area is 183 Å². The number of pyridine rings is 1. The molecule has 3 aromatic rings. The predicted molar refractivity (Wildman–Crippen MR) is 130 cm³/mol. The van der Waals surface area contributed by atoms with Crippen molar-refractivity contribution in [1.82, 2.24) is 4.98 Å². The highest BCUT2D eigenvalue weighted by atomic mass is 16.5. The summed E-state index contributed by atoms with van der Waals surface area (Å²) in [6.07, 6.45) is 2.82. The topological polar surface area (TPSA) is 89.6 Å². The molecule has 1 aromatic heterocycles. The number of hydrogen-bond acceptors (Lipinski definition) is 6. The first-order valence-electron chi connectivity index (χ1n) is 10.1. The second kappa shape index (κ2) is 11.5. The number of carbonyl (C=O) groups excluding carboxylic acids is 1. The van der Waals surface area contributed by atoms with Crippen molar-refractivity contribution in [3.05, 3.63) is 71.9 Å². The number of benzene rings is 2. The fourth-order valence-electron chi connectivity index (χ4n) is 2.84. The van der Waals surface area contributed by atoms with Crippen LogP contribution in [0.4, 0.5) is 11.5 Å². The van der Waals surface area contributed by atoms with E-state index in [1.54, 1.807) is 24.3 Å². The zero-order chi connectivity index (χ0) is 22.8. The van der Waals surface area contributed by atoms with Gasteiger partial charge in [-0.15, -0.1) is 0 Å². The summed E-state index contributed by atoms with van der Waals surface area (Å²) in [6.45, 7) is 7.68. The lowest BCUT2D eigenvalue weighted by molar-refractivity contribution is 0.112. The van der Waals surface area contributed by atoms with E-state index in [0.717, 1.165) is 40.0 Å². The van der Waals surface area contributed by atoms with Crippen molar-refractivity contribution in [1.29, 1.82) is 0 Å². The smallest absolute Gasteiger partial charge is 0.152 e. The van der Waals surface area contributed by atoms with E-state index >= 15 is 0 Å². The molecule has 0 aliphatic heterocycles. The van der Waals surface area contributed by atoms with Crippen LogP contribution in [0.5, 0.6) is 5.75 Å². The Morgan fingerprint density at radius 1 is 1.10 bits per heavy atom. The van der Waals surface area contributed by atoms with Crippen LogP contribution in [0.1, 0.15) is 38.1 Å². The Balaban J connectivity index is 0.000000245. The first kappa shape index (κ1) is 23.6. The molecular formula is C25H30N4O2. The maximum Gasteiger partial charge on any atom is 0.152 e. The fourth-order valence-corrected chi connectivity index (χ4v) is 2.84. The predicted octanol–water partition coefficient (Wildman–Crippen LogP) is 5.52. The summed E-state index contributed by atoms with van der Waals surface area (Å²) in [6, 6.07) is 17.0. The average molecular weight is 419 g/mol. The number of para-hydroxylation sites is 1. The highest BCUT2D eigenvalue weighted by Gasteiger charge is 2.02. The summed E-state index contributed by atoms with van der Waals surface area (Å²) >= 11 is 0. The Morgan fingerprint density at radius 2 is 1.81 bits per heavy atom. The van der Waals surface area contributed by atoms with Crippen LogP contribution < -0.4 is 15.8 Å². The van der Waals surface area contributed by atoms with Gasteiger partial charge >= 0.3 is 0 Å². The standard InChI is InChI=1S/C15H18N4.C10H12O2/c1-10(16)9-11(2)18-14-8-7-12-5-4-6-13(17-3)15(12)19-14;1-8(2)12-10-5-3-9(7-11)4-6-10/h4-9,17H,16H2,1-3H3;3-8H,1-2H3/b10-9-,18-11?;. The van der Waals surface area contributed by atoms with Gasteiger partial charge in [0, 0.05) is 29.4 Å². The van der Waals surface area contributed by atoms with Gasteiger partial charge < -0.3 is 15.8 Å². The first-order valence-corrected chi connectivity index (χ1v) is 10.1. The summed E-state index contributed by atoms with van der Waals surface area (Å²) in [5.41, 5.74) is 9.80. The summed E-state index contributed by atoms with van der Waals surface area (Å²) in [7, 11) is 1.89. The molecule has 0 aliphatic carbocycles. The Hall–Kier alpha value is -3.67. The van der Waals surface area contributed by atoms with E-state index in [2.05, 4.69) is 15.3 Å². The molecule has 3 rings (SSSR count). The first-order chi connectivity index (χ1) is 14.8. The van der Waals surface area contributed by atoms with Gasteiger partial charge in [-0.25, -0.2) is 9.98 Å². The molecule has 0 aliphatic rings. The maximum atomic E-state index is 10.3. The number of carbonyl (C=O) groups is 1. The molecule has 0 bridgehead atoms. The van der Waals surface area contributed by atoms with Crippen molar-refractivity contribution in [3.8, 4) is 5.75 Å². The van der Waals surface area contributed by atoms with Gasteiger partial charge in [0.05, 0.1) is 17.3 Å². The Kier molecular flexibility index (Phi) is 8.76. The third-order valence-corrected chi connectivity index (χ3v) is 4.09. The zero-order valence-electron chi connectivity index (χ0n) is 18.7. The van der Waals surface area contributed by atoms with Gasteiger partial charge in [-0.1, -0.05) is 12.1 Å². The lowest BCUT2D eigenvalue weighted by Crippen LogP contribution is -2.05. The summed E-state index contributed by atoms with van der Waals surface area (Å²) in [4.78, 5) is 19.3. The van der Waals surface area contributed by atoms with E-state index in [4.69, 9.17) is 10.5 Å². The van der Waals surface area contributed by atoms with Gasteiger partial charge in [0.15, 0.2) is 5.82 Å². The van der Waals surface area contributed by atoms with E-state index in [-0.39, 0.29) is 6.10 Å². The van der Waals surface area contributed by atoms with Crippen molar-refractivity contribution < 1.29 is 9.53 Å². The van der Waals surface area contributed by atoms with Gasteiger partial charge in [0.2, 0.25) is 0 Å². The van der Waals surface area contributed by atoms with E-state index in [1.807, 2.05) is 71.2 Å². The molecule has 0 amide bonds. The SMILES string of the molecule is CC(C)Oc1ccc(C=O)cc1.CNc1cccc2ccc(N=C(C)/C=C(/C)N)nc12. The van der Waals surface area contributed by atoms with Gasteiger partial charge in [-0.05, 0) is 76.2 Å². The zero-order valence-corrected chi connectivity index (χ0v) is 18.7. The Bertz CT molecular complexity index is 1070. The molecule has 0 saturated carbocycles. The lowest BCUT2D eigenvalue weighted by Gasteiger charge is -2.08. The number of nitrogens with one attached hydrogen (secondary N) is 1. The number of hydrogen-bond donors (Lipinski definition) is 2. The molecule has 31 heavy (non-hydrogen) atoms. The summed E-state index contributed by atoms with van der Waals surface area (Å²) in [5.74, 6) is 1.49. The Morgan fingerprint density at radius 3 is 2.39 bits per heavy atom. The third-order valence-electron chi connectivity index (χ3n) is 4.09. The number of ether oxygens (including phenoxy) is 1. The van der Waals surface area contributed by atoms with Crippen LogP contribution >= 0.6 is 0 Å². The van der Waals surface area contributed by atoms with Crippen molar-refractivity contribution in [2.75, 3.05) is 12.4 Å². The van der Waals surface area contributed by atoms with Crippen LogP contribution in [0, 0.1) is 0 Å². The molecule has 3 N–H and O–H groups in total.